The average Bonchev–Trinajstić information content (AvgIpc) is 3.56. The van der Waals surface area contributed by atoms with E-state index in [0.29, 0.717) is 29.0 Å². The summed E-state index contributed by atoms with van der Waals surface area (Å²) in [6, 6.07) is 21.4. The molecule has 0 aliphatic carbocycles. The van der Waals surface area contributed by atoms with Crippen molar-refractivity contribution in [1.82, 2.24) is 9.62 Å². The van der Waals surface area contributed by atoms with E-state index in [1.807, 2.05) is 55.1 Å². The lowest BCUT2D eigenvalue weighted by atomic mass is 10.2. The van der Waals surface area contributed by atoms with Crippen LogP contribution in [0.2, 0.25) is 0 Å². The van der Waals surface area contributed by atoms with E-state index in [9.17, 15) is 13.5 Å². The van der Waals surface area contributed by atoms with Crippen LogP contribution < -0.4 is 5.32 Å². The van der Waals surface area contributed by atoms with Gasteiger partial charge in [-0.25, -0.2) is 8.42 Å². The van der Waals surface area contributed by atoms with Crippen LogP contribution in [0.1, 0.15) is 18.4 Å². The third-order valence-electron chi connectivity index (χ3n) is 6.06. The maximum absolute atomic E-state index is 12.7. The predicted octanol–water partition coefficient (Wildman–Crippen LogP) is 5.68. The second-order valence-corrected chi connectivity index (χ2v) is 13.6. The van der Waals surface area contributed by atoms with Crippen molar-refractivity contribution < 1.29 is 18.6 Å². The van der Waals surface area contributed by atoms with Gasteiger partial charge in [-0.3, -0.25) is 0 Å². The molecule has 0 amide bonds. The first-order chi connectivity index (χ1) is 17.3. The summed E-state index contributed by atoms with van der Waals surface area (Å²) in [5.41, 5.74) is 1.05. The summed E-state index contributed by atoms with van der Waals surface area (Å²) in [6.07, 6.45) is 2.07. The van der Waals surface area contributed by atoms with Gasteiger partial charge >= 0.3 is 0 Å². The van der Waals surface area contributed by atoms with Crippen molar-refractivity contribution in [3.8, 4) is 11.5 Å². The fourth-order valence-electron chi connectivity index (χ4n) is 4.03. The van der Waals surface area contributed by atoms with Crippen LogP contribution in [0.15, 0.2) is 87.5 Å². The standard InChI is InChI=1S/C17H19NO3S2.C10H13NOS.BrH/c1-13-2-8-17(9-3-13)23(20,21)18-11-10-16(12-18)22-15-6-4-14(19)5-7-15;12-8-1-3-9(4-2-8)13-10-5-6-11-7-10;/h2-9,16,19H,10-12H2,1H3;1-4,10-12H,5-7H2;1H. The minimum Gasteiger partial charge on any atom is -0.508 e. The number of aromatic hydroxyl groups is 2. The third-order valence-corrected chi connectivity index (χ3v) is 10.5. The van der Waals surface area contributed by atoms with Crippen molar-refractivity contribution in [3.63, 3.8) is 0 Å². The quantitative estimate of drug-likeness (QED) is 0.325. The van der Waals surface area contributed by atoms with E-state index in [1.54, 1.807) is 52.5 Å². The Labute approximate surface area is 238 Å². The Morgan fingerprint density at radius 1 is 0.811 bits per heavy atom. The highest BCUT2D eigenvalue weighted by Crippen LogP contribution is 2.33. The first-order valence-corrected chi connectivity index (χ1v) is 15.2. The zero-order valence-corrected chi connectivity index (χ0v) is 24.8. The molecular formula is C27H33BrN2O4S3. The molecule has 6 nitrogen and oxygen atoms in total. The van der Waals surface area contributed by atoms with Crippen molar-refractivity contribution in [2.75, 3.05) is 26.2 Å². The number of hydrogen-bond donors (Lipinski definition) is 3. The Morgan fingerprint density at radius 3 is 1.86 bits per heavy atom. The minimum absolute atomic E-state index is 0. The average molecular weight is 626 g/mol. The van der Waals surface area contributed by atoms with E-state index in [0.717, 1.165) is 30.0 Å². The summed E-state index contributed by atoms with van der Waals surface area (Å²) in [6.45, 7) is 5.24. The van der Waals surface area contributed by atoms with Crippen molar-refractivity contribution in [2.45, 2.75) is 45.0 Å². The first kappa shape index (κ1) is 29.9. The lowest BCUT2D eigenvalue weighted by Crippen LogP contribution is -2.29. The molecule has 10 heteroatoms. The molecule has 0 radical (unpaired) electrons. The Bertz CT molecular complexity index is 1220. The highest BCUT2D eigenvalue weighted by molar-refractivity contribution is 8.93. The summed E-state index contributed by atoms with van der Waals surface area (Å²) in [5.74, 6) is 0.582. The van der Waals surface area contributed by atoms with Crippen LogP contribution in [0.3, 0.4) is 0 Å². The fraction of sp³-hybridized carbons (Fsp3) is 0.333. The molecule has 2 heterocycles. The molecule has 5 rings (SSSR count). The summed E-state index contributed by atoms with van der Waals surface area (Å²) >= 11 is 3.55. The number of thioether (sulfide) groups is 2. The molecular weight excluding hydrogens is 592 g/mol. The molecule has 200 valence electrons. The van der Waals surface area contributed by atoms with Gasteiger partial charge in [-0.05, 0) is 87.0 Å². The Hall–Kier alpha value is -1.69. The number of rotatable bonds is 6. The van der Waals surface area contributed by atoms with Gasteiger partial charge in [0.2, 0.25) is 10.0 Å². The number of nitrogens with one attached hydrogen (secondary N) is 1. The minimum atomic E-state index is -3.41. The van der Waals surface area contributed by atoms with Crippen LogP contribution >= 0.6 is 40.5 Å². The SMILES string of the molecule is Br.Cc1ccc(S(=O)(=O)N2CCC(Sc3ccc(O)cc3)C2)cc1.Oc1ccc(SC2CCNC2)cc1. The highest BCUT2D eigenvalue weighted by Gasteiger charge is 2.32. The zero-order chi connectivity index (χ0) is 25.5. The van der Waals surface area contributed by atoms with Gasteiger partial charge in [0, 0.05) is 39.9 Å². The van der Waals surface area contributed by atoms with E-state index < -0.39 is 10.0 Å². The Kier molecular flexibility index (Phi) is 11.2. The summed E-state index contributed by atoms with van der Waals surface area (Å²) in [5, 5.41) is 22.7. The van der Waals surface area contributed by atoms with Gasteiger partial charge in [0.05, 0.1) is 4.90 Å². The van der Waals surface area contributed by atoms with Gasteiger partial charge in [0.25, 0.3) is 0 Å². The second-order valence-electron chi connectivity index (χ2n) is 8.93. The maximum Gasteiger partial charge on any atom is 0.243 e. The van der Waals surface area contributed by atoms with Crippen LogP contribution in [0, 0.1) is 6.92 Å². The van der Waals surface area contributed by atoms with E-state index >= 15 is 0 Å². The summed E-state index contributed by atoms with van der Waals surface area (Å²) in [7, 11) is -3.41. The fourth-order valence-corrected chi connectivity index (χ4v) is 7.90. The van der Waals surface area contributed by atoms with Gasteiger partial charge in [-0.15, -0.1) is 40.5 Å². The van der Waals surface area contributed by atoms with Crippen molar-refractivity contribution >= 4 is 50.5 Å². The van der Waals surface area contributed by atoms with Crippen LogP contribution in [0.4, 0.5) is 0 Å². The molecule has 0 aromatic heterocycles. The first-order valence-electron chi connectivity index (χ1n) is 12.0. The number of hydrogen-bond acceptors (Lipinski definition) is 7. The monoisotopic (exact) mass is 624 g/mol. The molecule has 0 saturated carbocycles. The lowest BCUT2D eigenvalue weighted by Gasteiger charge is -2.16. The normalized spacial score (nSPS) is 19.6. The van der Waals surface area contributed by atoms with E-state index in [-0.39, 0.29) is 28.0 Å². The van der Waals surface area contributed by atoms with Crippen molar-refractivity contribution in [1.29, 1.82) is 0 Å². The highest BCUT2D eigenvalue weighted by atomic mass is 79.9. The molecule has 2 aliphatic heterocycles. The Balaban J connectivity index is 0.000000231. The molecule has 0 bridgehead atoms. The van der Waals surface area contributed by atoms with Gasteiger partial charge in [0.1, 0.15) is 11.5 Å². The van der Waals surface area contributed by atoms with Gasteiger partial charge in [0.15, 0.2) is 0 Å². The topological polar surface area (TPSA) is 89.9 Å². The summed E-state index contributed by atoms with van der Waals surface area (Å²) < 4.78 is 26.9. The molecule has 37 heavy (non-hydrogen) atoms. The van der Waals surface area contributed by atoms with Gasteiger partial charge in [-0.2, -0.15) is 4.31 Å². The molecule has 3 aromatic carbocycles. The number of aryl methyl sites for hydroxylation is 1. The van der Waals surface area contributed by atoms with Gasteiger partial charge in [-0.1, -0.05) is 17.7 Å². The smallest absolute Gasteiger partial charge is 0.243 e. The molecule has 0 spiro atoms. The number of benzene rings is 3. The number of halogens is 1. The lowest BCUT2D eigenvalue weighted by molar-refractivity contribution is 0.474. The predicted molar refractivity (Wildman–Crippen MR) is 158 cm³/mol. The van der Waals surface area contributed by atoms with Crippen molar-refractivity contribution in [3.05, 3.63) is 78.4 Å². The number of phenolic OH excluding ortho intramolecular Hbond substituents is 2. The van der Waals surface area contributed by atoms with E-state index in [4.69, 9.17) is 5.11 Å². The molecule has 3 aromatic rings. The van der Waals surface area contributed by atoms with E-state index in [2.05, 4.69) is 5.32 Å². The van der Waals surface area contributed by atoms with Crippen LogP contribution in [-0.2, 0) is 10.0 Å². The second kappa shape index (κ2) is 13.9. The van der Waals surface area contributed by atoms with Crippen LogP contribution in [-0.4, -0.2) is 59.6 Å². The number of nitrogens with zero attached hydrogens (tertiary/aromatic N) is 1. The molecule has 2 saturated heterocycles. The molecule has 3 N–H and O–H groups in total. The van der Waals surface area contributed by atoms with Crippen LogP contribution in [0.25, 0.3) is 0 Å². The Morgan fingerprint density at radius 2 is 1.35 bits per heavy atom. The zero-order valence-electron chi connectivity index (χ0n) is 20.6. The molecule has 2 aliphatic rings. The van der Waals surface area contributed by atoms with Crippen molar-refractivity contribution in [2.24, 2.45) is 0 Å². The summed E-state index contributed by atoms with van der Waals surface area (Å²) in [4.78, 5) is 2.65. The van der Waals surface area contributed by atoms with E-state index in [1.165, 1.54) is 11.3 Å². The molecule has 2 fully saturated rings. The third kappa shape index (κ3) is 8.66. The largest absolute Gasteiger partial charge is 0.508 e. The number of phenols is 2. The molecule has 2 unspecified atom stereocenters. The van der Waals surface area contributed by atoms with Gasteiger partial charge < -0.3 is 15.5 Å². The number of sulfonamides is 1. The maximum atomic E-state index is 12.7. The molecule has 2 atom stereocenters. The van der Waals surface area contributed by atoms with Crippen LogP contribution in [0.5, 0.6) is 11.5 Å².